The average Bonchev–Trinajstić information content (AvgIpc) is 2.77. The van der Waals surface area contributed by atoms with Gasteiger partial charge in [0.2, 0.25) is 0 Å². The molecule has 1 aromatic carbocycles. The van der Waals surface area contributed by atoms with Crippen LogP contribution in [0.4, 0.5) is 0 Å². The highest BCUT2D eigenvalue weighted by molar-refractivity contribution is 7.85. The highest BCUT2D eigenvalue weighted by Crippen LogP contribution is 2.28. The fraction of sp³-hybridized carbons (Fsp3) is 0.786. The molecule has 0 aromatic heterocycles. The van der Waals surface area contributed by atoms with E-state index in [0.717, 1.165) is 25.0 Å². The first-order valence-electron chi connectivity index (χ1n) is 13.6. The Morgan fingerprint density at radius 1 is 0.758 bits per heavy atom. The standard InChI is InChI=1S/C28H50O4S/c1-4-7-9-11-13-15-17-20-25-21-19-23-28(32-26(6-3)24-33(29,30)31)27(25)22-18-16-14-12-10-8-5-2/h19,21,23,26H,4-18,20,22,24H2,1-3H3,(H,29,30,31). The normalized spacial score (nSPS) is 12.7. The minimum atomic E-state index is -4.06. The number of ether oxygens (including phenoxy) is 1. The molecule has 192 valence electrons. The summed E-state index contributed by atoms with van der Waals surface area (Å²) in [6.07, 6.45) is 19.9. The van der Waals surface area contributed by atoms with Gasteiger partial charge in [-0.2, -0.15) is 8.42 Å². The van der Waals surface area contributed by atoms with Crippen LogP contribution >= 0.6 is 0 Å². The molecule has 0 fully saturated rings. The van der Waals surface area contributed by atoms with Gasteiger partial charge in [0, 0.05) is 0 Å². The lowest BCUT2D eigenvalue weighted by Gasteiger charge is -2.21. The summed E-state index contributed by atoms with van der Waals surface area (Å²) in [4.78, 5) is 0. The first kappa shape index (κ1) is 30.0. The van der Waals surface area contributed by atoms with E-state index in [1.807, 2.05) is 19.1 Å². The molecule has 0 amide bonds. The van der Waals surface area contributed by atoms with E-state index in [0.29, 0.717) is 6.42 Å². The molecule has 4 nitrogen and oxygen atoms in total. The molecule has 0 saturated heterocycles. The van der Waals surface area contributed by atoms with Crippen LogP contribution in [0.1, 0.15) is 128 Å². The van der Waals surface area contributed by atoms with Crippen molar-refractivity contribution in [2.45, 2.75) is 136 Å². The van der Waals surface area contributed by atoms with Crippen LogP contribution in [0, 0.1) is 0 Å². The maximum absolute atomic E-state index is 11.4. The molecule has 33 heavy (non-hydrogen) atoms. The van der Waals surface area contributed by atoms with Crippen molar-refractivity contribution in [3.05, 3.63) is 29.3 Å². The zero-order chi connectivity index (χ0) is 24.4. The van der Waals surface area contributed by atoms with Crippen molar-refractivity contribution < 1.29 is 17.7 Å². The van der Waals surface area contributed by atoms with Crippen molar-refractivity contribution >= 4 is 10.1 Å². The van der Waals surface area contributed by atoms with E-state index < -0.39 is 16.2 Å². The second-order valence-corrected chi connectivity index (χ2v) is 11.0. The van der Waals surface area contributed by atoms with Gasteiger partial charge in [0.1, 0.15) is 17.6 Å². The SMILES string of the molecule is CCCCCCCCCc1cccc(OC(CC)CS(=O)(=O)O)c1CCCCCCCCC. The maximum Gasteiger partial charge on any atom is 0.268 e. The number of unbranched alkanes of at least 4 members (excludes halogenated alkanes) is 12. The number of benzene rings is 1. The predicted molar refractivity (Wildman–Crippen MR) is 141 cm³/mol. The molecule has 1 atom stereocenters. The van der Waals surface area contributed by atoms with E-state index in [9.17, 15) is 13.0 Å². The molecule has 0 aliphatic heterocycles. The molecule has 0 radical (unpaired) electrons. The third kappa shape index (κ3) is 14.7. The molecule has 0 aliphatic rings. The van der Waals surface area contributed by atoms with Crippen LogP contribution in [0.2, 0.25) is 0 Å². The average molecular weight is 483 g/mol. The minimum Gasteiger partial charge on any atom is -0.489 e. The molecule has 5 heteroatoms. The van der Waals surface area contributed by atoms with Gasteiger partial charge < -0.3 is 4.74 Å². The molecule has 1 unspecified atom stereocenters. The Morgan fingerprint density at radius 3 is 1.79 bits per heavy atom. The zero-order valence-electron chi connectivity index (χ0n) is 21.6. The lowest BCUT2D eigenvalue weighted by molar-refractivity contribution is 0.214. The van der Waals surface area contributed by atoms with Gasteiger partial charge in [0.05, 0.1) is 0 Å². The van der Waals surface area contributed by atoms with Crippen LogP contribution in [0.25, 0.3) is 0 Å². The summed E-state index contributed by atoms with van der Waals surface area (Å²) < 4.78 is 38.3. The Morgan fingerprint density at radius 2 is 1.27 bits per heavy atom. The molecular formula is C28H50O4S. The molecule has 0 heterocycles. The summed E-state index contributed by atoms with van der Waals surface area (Å²) in [5.41, 5.74) is 2.58. The quantitative estimate of drug-likeness (QED) is 0.141. The second kappa shape index (κ2) is 18.3. The van der Waals surface area contributed by atoms with Crippen LogP contribution in [0.3, 0.4) is 0 Å². The molecule has 1 aromatic rings. The van der Waals surface area contributed by atoms with Crippen molar-refractivity contribution in [2.75, 3.05) is 5.75 Å². The zero-order valence-corrected chi connectivity index (χ0v) is 22.4. The topological polar surface area (TPSA) is 63.6 Å². The Hall–Kier alpha value is -1.07. The number of hydrogen-bond acceptors (Lipinski definition) is 3. The Kier molecular flexibility index (Phi) is 16.6. The minimum absolute atomic E-state index is 0.359. The van der Waals surface area contributed by atoms with E-state index in [4.69, 9.17) is 4.74 Å². The number of aryl methyl sites for hydroxylation is 1. The van der Waals surface area contributed by atoms with Crippen LogP contribution in [0.5, 0.6) is 5.75 Å². The van der Waals surface area contributed by atoms with Gasteiger partial charge in [0.15, 0.2) is 0 Å². The highest BCUT2D eigenvalue weighted by atomic mass is 32.2. The second-order valence-electron chi connectivity index (χ2n) is 9.53. The van der Waals surface area contributed by atoms with Gasteiger partial charge in [-0.25, -0.2) is 0 Å². The van der Waals surface area contributed by atoms with Crippen molar-refractivity contribution in [2.24, 2.45) is 0 Å². The van der Waals surface area contributed by atoms with Crippen molar-refractivity contribution in [3.8, 4) is 5.75 Å². The van der Waals surface area contributed by atoms with Crippen LogP contribution in [0.15, 0.2) is 18.2 Å². The fourth-order valence-corrected chi connectivity index (χ4v) is 5.19. The number of rotatable bonds is 21. The lowest BCUT2D eigenvalue weighted by atomic mass is 9.95. The molecule has 0 spiro atoms. The molecule has 0 saturated carbocycles. The van der Waals surface area contributed by atoms with E-state index in [-0.39, 0.29) is 5.75 Å². The van der Waals surface area contributed by atoms with Crippen LogP contribution in [-0.4, -0.2) is 24.8 Å². The van der Waals surface area contributed by atoms with E-state index in [1.54, 1.807) is 0 Å². The fourth-order valence-electron chi connectivity index (χ4n) is 4.42. The maximum atomic E-state index is 11.4. The smallest absolute Gasteiger partial charge is 0.268 e. The summed E-state index contributed by atoms with van der Waals surface area (Å²) in [6.45, 7) is 6.39. The monoisotopic (exact) mass is 482 g/mol. The van der Waals surface area contributed by atoms with Gasteiger partial charge in [-0.3, -0.25) is 4.55 Å². The van der Waals surface area contributed by atoms with Crippen LogP contribution < -0.4 is 4.74 Å². The Bertz CT molecular complexity index is 715. The van der Waals surface area contributed by atoms with E-state index in [1.165, 1.54) is 94.6 Å². The number of hydrogen-bond donors (Lipinski definition) is 1. The third-order valence-corrected chi connectivity index (χ3v) is 7.25. The first-order chi connectivity index (χ1) is 15.9. The van der Waals surface area contributed by atoms with Gasteiger partial charge in [-0.15, -0.1) is 0 Å². The van der Waals surface area contributed by atoms with E-state index >= 15 is 0 Å². The molecule has 0 bridgehead atoms. The summed E-state index contributed by atoms with van der Waals surface area (Å²) in [5, 5.41) is 0. The lowest BCUT2D eigenvalue weighted by Crippen LogP contribution is -2.26. The van der Waals surface area contributed by atoms with E-state index in [2.05, 4.69) is 19.9 Å². The van der Waals surface area contributed by atoms with Crippen molar-refractivity contribution in [1.82, 2.24) is 0 Å². The summed E-state index contributed by atoms with van der Waals surface area (Å²) in [5.74, 6) is 0.444. The first-order valence-corrected chi connectivity index (χ1v) is 15.2. The summed E-state index contributed by atoms with van der Waals surface area (Å²) in [6, 6.07) is 6.21. The van der Waals surface area contributed by atoms with Gasteiger partial charge >= 0.3 is 0 Å². The predicted octanol–water partition coefficient (Wildman–Crippen LogP) is 8.32. The Labute approximate surface area is 204 Å². The molecular weight excluding hydrogens is 432 g/mol. The van der Waals surface area contributed by atoms with Crippen LogP contribution in [-0.2, 0) is 23.0 Å². The van der Waals surface area contributed by atoms with Gasteiger partial charge in [0.25, 0.3) is 10.1 Å². The third-order valence-electron chi connectivity index (χ3n) is 6.46. The molecule has 1 N–H and O–H groups in total. The summed E-state index contributed by atoms with van der Waals surface area (Å²) >= 11 is 0. The van der Waals surface area contributed by atoms with Crippen molar-refractivity contribution in [3.63, 3.8) is 0 Å². The summed E-state index contributed by atoms with van der Waals surface area (Å²) in [7, 11) is -4.06. The Balaban J connectivity index is 2.76. The van der Waals surface area contributed by atoms with Crippen molar-refractivity contribution in [1.29, 1.82) is 0 Å². The molecule has 0 aliphatic carbocycles. The van der Waals surface area contributed by atoms with Gasteiger partial charge in [-0.05, 0) is 49.3 Å². The highest BCUT2D eigenvalue weighted by Gasteiger charge is 2.19. The van der Waals surface area contributed by atoms with Gasteiger partial charge in [-0.1, -0.05) is 110 Å². The largest absolute Gasteiger partial charge is 0.489 e. The molecule has 1 rings (SSSR count).